The third kappa shape index (κ3) is 1.76. The lowest BCUT2D eigenvalue weighted by Gasteiger charge is -2.01. The van der Waals surface area contributed by atoms with Crippen LogP contribution in [-0.4, -0.2) is 14.7 Å². The van der Waals surface area contributed by atoms with Crippen LogP contribution in [0.5, 0.6) is 0 Å². The minimum Gasteiger partial charge on any atom is -0.359 e. The van der Waals surface area contributed by atoms with Gasteiger partial charge in [0.1, 0.15) is 4.83 Å². The Morgan fingerprint density at radius 2 is 2.41 bits per heavy atom. The second kappa shape index (κ2) is 3.81. The van der Waals surface area contributed by atoms with Crippen molar-refractivity contribution in [1.82, 2.24) is 14.7 Å². The van der Waals surface area contributed by atoms with Crippen LogP contribution >= 0.6 is 11.3 Å². The highest BCUT2D eigenvalue weighted by molar-refractivity contribution is 7.16. The van der Waals surface area contributed by atoms with Gasteiger partial charge >= 0.3 is 0 Å². The summed E-state index contributed by atoms with van der Waals surface area (Å²) in [6.07, 6.45) is 1.54. The lowest BCUT2D eigenvalue weighted by molar-refractivity contribution is 0.371. The molecule has 3 aromatic rings. The van der Waals surface area contributed by atoms with E-state index < -0.39 is 0 Å². The van der Waals surface area contributed by atoms with E-state index in [1.54, 1.807) is 12.4 Å². The molecule has 0 aromatic carbocycles. The predicted octanol–water partition coefficient (Wildman–Crippen LogP) is 1.80. The van der Waals surface area contributed by atoms with E-state index in [1.165, 1.54) is 15.9 Å². The zero-order chi connectivity index (χ0) is 11.8. The van der Waals surface area contributed by atoms with E-state index in [0.717, 1.165) is 10.5 Å². The monoisotopic (exact) mass is 247 g/mol. The van der Waals surface area contributed by atoms with E-state index in [2.05, 4.69) is 10.1 Å². The predicted molar refractivity (Wildman–Crippen MR) is 64.2 cm³/mol. The smallest absolute Gasteiger partial charge is 0.262 e. The average molecular weight is 247 g/mol. The van der Waals surface area contributed by atoms with E-state index in [0.29, 0.717) is 17.7 Å². The Bertz CT molecular complexity index is 725. The molecule has 0 spiro atoms. The molecule has 0 aliphatic rings. The minimum absolute atomic E-state index is 0.0506. The first-order valence-electron chi connectivity index (χ1n) is 5.09. The van der Waals surface area contributed by atoms with E-state index in [4.69, 9.17) is 4.52 Å². The van der Waals surface area contributed by atoms with Gasteiger partial charge in [0, 0.05) is 6.07 Å². The van der Waals surface area contributed by atoms with E-state index >= 15 is 0 Å². The van der Waals surface area contributed by atoms with Gasteiger partial charge in [0.05, 0.1) is 24.0 Å². The molecule has 86 valence electrons. The molecule has 0 atom stereocenters. The van der Waals surface area contributed by atoms with E-state index in [9.17, 15) is 4.79 Å². The molecule has 0 aliphatic heterocycles. The Balaban J connectivity index is 2.06. The zero-order valence-electron chi connectivity index (χ0n) is 9.08. The van der Waals surface area contributed by atoms with Crippen LogP contribution in [0.25, 0.3) is 10.2 Å². The van der Waals surface area contributed by atoms with Crippen LogP contribution in [0.15, 0.2) is 33.2 Å². The van der Waals surface area contributed by atoms with Gasteiger partial charge < -0.3 is 4.52 Å². The van der Waals surface area contributed by atoms with Gasteiger partial charge in [-0.25, -0.2) is 4.98 Å². The van der Waals surface area contributed by atoms with Gasteiger partial charge in [0.15, 0.2) is 5.76 Å². The Labute approximate surface area is 100 Å². The summed E-state index contributed by atoms with van der Waals surface area (Å²) < 4.78 is 6.60. The molecule has 0 N–H and O–H groups in total. The summed E-state index contributed by atoms with van der Waals surface area (Å²) in [4.78, 5) is 17.1. The highest BCUT2D eigenvalue weighted by Crippen LogP contribution is 2.13. The van der Waals surface area contributed by atoms with Crippen LogP contribution in [-0.2, 0) is 6.54 Å². The number of hydrogen-bond donors (Lipinski definition) is 0. The molecule has 3 aromatic heterocycles. The minimum atomic E-state index is -0.0506. The van der Waals surface area contributed by atoms with Gasteiger partial charge in [-0.15, -0.1) is 11.3 Å². The van der Waals surface area contributed by atoms with Crippen molar-refractivity contribution in [2.45, 2.75) is 13.5 Å². The Morgan fingerprint density at radius 3 is 3.18 bits per heavy atom. The first-order valence-corrected chi connectivity index (χ1v) is 5.97. The Kier molecular flexibility index (Phi) is 2.29. The standard InChI is InChI=1S/C11H9N3O2S/c1-7-4-8(16-13-7)5-14-6-12-10-9(11(14)15)2-3-17-10/h2-4,6H,5H2,1H3. The van der Waals surface area contributed by atoms with Crippen LogP contribution in [0.3, 0.4) is 0 Å². The van der Waals surface area contributed by atoms with Crippen molar-refractivity contribution in [3.8, 4) is 0 Å². The summed E-state index contributed by atoms with van der Waals surface area (Å²) in [6.45, 7) is 2.20. The van der Waals surface area contributed by atoms with Crippen LogP contribution in [0.4, 0.5) is 0 Å². The fourth-order valence-corrected chi connectivity index (χ4v) is 2.39. The molecule has 0 unspecified atom stereocenters. The van der Waals surface area contributed by atoms with Crippen LogP contribution in [0, 0.1) is 6.92 Å². The normalized spacial score (nSPS) is 11.1. The first-order chi connectivity index (χ1) is 8.24. The number of rotatable bonds is 2. The number of aromatic nitrogens is 3. The number of fused-ring (bicyclic) bond motifs is 1. The van der Waals surface area contributed by atoms with E-state index in [1.807, 2.05) is 18.4 Å². The maximum atomic E-state index is 12.1. The largest absolute Gasteiger partial charge is 0.359 e. The number of thiophene rings is 1. The van der Waals surface area contributed by atoms with Gasteiger partial charge in [-0.3, -0.25) is 9.36 Å². The lowest BCUT2D eigenvalue weighted by atomic mass is 10.3. The van der Waals surface area contributed by atoms with Gasteiger partial charge in [-0.2, -0.15) is 0 Å². The average Bonchev–Trinajstić information content (AvgIpc) is 2.92. The maximum Gasteiger partial charge on any atom is 0.262 e. The molecule has 3 rings (SSSR count). The van der Waals surface area contributed by atoms with Crippen molar-refractivity contribution in [2.24, 2.45) is 0 Å². The van der Waals surface area contributed by atoms with Crippen molar-refractivity contribution >= 4 is 21.6 Å². The summed E-state index contributed by atoms with van der Waals surface area (Å²) in [5, 5.41) is 6.30. The highest BCUT2D eigenvalue weighted by atomic mass is 32.1. The Morgan fingerprint density at radius 1 is 1.53 bits per heavy atom. The van der Waals surface area contributed by atoms with Crippen molar-refractivity contribution in [3.05, 3.63) is 45.6 Å². The molecular weight excluding hydrogens is 238 g/mol. The van der Waals surface area contributed by atoms with Crippen LogP contribution < -0.4 is 5.56 Å². The highest BCUT2D eigenvalue weighted by Gasteiger charge is 2.07. The molecule has 0 fully saturated rings. The molecular formula is C11H9N3O2S. The molecule has 17 heavy (non-hydrogen) atoms. The molecule has 6 heteroatoms. The van der Waals surface area contributed by atoms with Crippen LogP contribution in [0.2, 0.25) is 0 Å². The van der Waals surface area contributed by atoms with E-state index in [-0.39, 0.29) is 5.56 Å². The van der Waals surface area contributed by atoms with Gasteiger partial charge in [0.25, 0.3) is 5.56 Å². The van der Waals surface area contributed by atoms with Crippen molar-refractivity contribution in [1.29, 1.82) is 0 Å². The van der Waals surface area contributed by atoms with Crippen molar-refractivity contribution in [3.63, 3.8) is 0 Å². The lowest BCUT2D eigenvalue weighted by Crippen LogP contribution is -2.20. The summed E-state index contributed by atoms with van der Waals surface area (Å²) in [6, 6.07) is 3.60. The molecule has 0 amide bonds. The molecule has 0 saturated heterocycles. The number of nitrogens with zero attached hydrogens (tertiary/aromatic N) is 3. The number of hydrogen-bond acceptors (Lipinski definition) is 5. The zero-order valence-corrected chi connectivity index (χ0v) is 9.90. The van der Waals surface area contributed by atoms with Crippen LogP contribution in [0.1, 0.15) is 11.5 Å². The quantitative estimate of drug-likeness (QED) is 0.692. The fourth-order valence-electron chi connectivity index (χ4n) is 1.66. The third-order valence-electron chi connectivity index (χ3n) is 2.45. The topological polar surface area (TPSA) is 60.9 Å². The van der Waals surface area contributed by atoms with Crippen molar-refractivity contribution in [2.75, 3.05) is 0 Å². The number of aryl methyl sites for hydroxylation is 1. The molecule has 0 saturated carbocycles. The van der Waals surface area contributed by atoms with Crippen molar-refractivity contribution < 1.29 is 4.52 Å². The summed E-state index contributed by atoms with van der Waals surface area (Å²) in [7, 11) is 0. The maximum absolute atomic E-state index is 12.1. The third-order valence-corrected chi connectivity index (χ3v) is 3.27. The second-order valence-electron chi connectivity index (χ2n) is 3.75. The Hall–Kier alpha value is -1.95. The first kappa shape index (κ1) is 10.2. The summed E-state index contributed by atoms with van der Waals surface area (Å²) >= 11 is 1.46. The van der Waals surface area contributed by atoms with Gasteiger partial charge in [-0.1, -0.05) is 5.16 Å². The fraction of sp³-hybridized carbons (Fsp3) is 0.182. The van der Waals surface area contributed by atoms with Gasteiger partial charge in [0.2, 0.25) is 0 Å². The molecule has 3 heterocycles. The SMILES string of the molecule is Cc1cc(Cn2cnc3sccc3c2=O)on1. The molecule has 0 bridgehead atoms. The molecule has 0 radical (unpaired) electrons. The summed E-state index contributed by atoms with van der Waals surface area (Å²) in [5.74, 6) is 0.654. The van der Waals surface area contributed by atoms with Gasteiger partial charge in [-0.05, 0) is 18.4 Å². The molecule has 5 nitrogen and oxygen atoms in total. The summed E-state index contributed by atoms with van der Waals surface area (Å²) in [5.41, 5.74) is 0.753. The second-order valence-corrected chi connectivity index (χ2v) is 4.65. The molecule has 0 aliphatic carbocycles.